The van der Waals surface area contributed by atoms with E-state index in [0.717, 1.165) is 11.1 Å². The van der Waals surface area contributed by atoms with Gasteiger partial charge < -0.3 is 0 Å². The molecule has 3 heteroatoms. The van der Waals surface area contributed by atoms with E-state index in [4.69, 9.17) is 0 Å². The monoisotopic (exact) mass is 279 g/mol. The fraction of sp³-hybridized carbons (Fsp3) is 0.222. The van der Waals surface area contributed by atoms with Crippen molar-refractivity contribution in [3.05, 3.63) is 71.8 Å². The summed E-state index contributed by atoms with van der Waals surface area (Å²) in [4.78, 5) is 26.4. The molecule has 2 amide bonds. The average molecular weight is 279 g/mol. The van der Waals surface area contributed by atoms with Crippen molar-refractivity contribution in [2.24, 2.45) is 0 Å². The zero-order chi connectivity index (χ0) is 14.9. The molecule has 1 saturated heterocycles. The number of hydrogen-bond acceptors (Lipinski definition) is 2. The Balaban J connectivity index is 1.89. The van der Waals surface area contributed by atoms with Gasteiger partial charge in [0.1, 0.15) is 0 Å². The topological polar surface area (TPSA) is 37.4 Å². The van der Waals surface area contributed by atoms with Crippen molar-refractivity contribution in [1.82, 2.24) is 4.90 Å². The average Bonchev–Trinajstić information content (AvgIpc) is 2.74. The number of amides is 2. The first-order chi connectivity index (χ1) is 10.1. The van der Waals surface area contributed by atoms with Crippen molar-refractivity contribution in [3.63, 3.8) is 0 Å². The molecule has 1 atom stereocenters. The Labute approximate surface area is 124 Å². The third-order valence-corrected chi connectivity index (χ3v) is 4.12. The van der Waals surface area contributed by atoms with Crippen LogP contribution in [0.15, 0.2) is 60.7 Å². The molecule has 0 aliphatic carbocycles. The SMILES string of the molecule is C[C@]1(c2ccccc2)CC(=O)N(Cc2ccccc2)C1=O. The molecule has 1 aliphatic rings. The minimum Gasteiger partial charge on any atom is -0.277 e. The van der Waals surface area contributed by atoms with E-state index in [-0.39, 0.29) is 18.2 Å². The molecule has 0 unspecified atom stereocenters. The van der Waals surface area contributed by atoms with Gasteiger partial charge in [-0.05, 0) is 18.1 Å². The molecule has 21 heavy (non-hydrogen) atoms. The summed E-state index contributed by atoms with van der Waals surface area (Å²) >= 11 is 0. The van der Waals surface area contributed by atoms with Gasteiger partial charge in [0.25, 0.3) is 0 Å². The first kappa shape index (κ1) is 13.6. The fourth-order valence-electron chi connectivity index (χ4n) is 2.84. The predicted octanol–water partition coefficient (Wildman–Crippen LogP) is 2.90. The van der Waals surface area contributed by atoms with Gasteiger partial charge in [-0.1, -0.05) is 60.7 Å². The minimum atomic E-state index is -0.743. The number of rotatable bonds is 3. The Hall–Kier alpha value is -2.42. The lowest BCUT2D eigenvalue weighted by Crippen LogP contribution is -2.36. The Morgan fingerprint density at radius 1 is 0.952 bits per heavy atom. The van der Waals surface area contributed by atoms with Crippen molar-refractivity contribution >= 4 is 11.8 Å². The maximum absolute atomic E-state index is 12.7. The van der Waals surface area contributed by atoms with E-state index in [1.54, 1.807) is 0 Å². The summed E-state index contributed by atoms with van der Waals surface area (Å²) in [5, 5.41) is 0. The maximum Gasteiger partial charge on any atom is 0.240 e. The maximum atomic E-state index is 12.7. The first-order valence-electron chi connectivity index (χ1n) is 7.05. The number of carbonyl (C=O) groups is 2. The van der Waals surface area contributed by atoms with Crippen molar-refractivity contribution in [2.45, 2.75) is 25.3 Å². The molecule has 0 aromatic heterocycles. The second-order valence-electron chi connectivity index (χ2n) is 5.65. The molecule has 0 bridgehead atoms. The van der Waals surface area contributed by atoms with Gasteiger partial charge in [-0.2, -0.15) is 0 Å². The summed E-state index contributed by atoms with van der Waals surface area (Å²) in [6.45, 7) is 2.20. The summed E-state index contributed by atoms with van der Waals surface area (Å²) < 4.78 is 0. The molecule has 2 aromatic rings. The molecule has 0 N–H and O–H groups in total. The number of hydrogen-bond donors (Lipinski definition) is 0. The van der Waals surface area contributed by atoms with E-state index in [1.165, 1.54) is 4.90 Å². The van der Waals surface area contributed by atoms with Gasteiger partial charge in [0.2, 0.25) is 11.8 Å². The number of likely N-dealkylation sites (tertiary alicyclic amines) is 1. The molecule has 106 valence electrons. The molecule has 0 radical (unpaired) electrons. The van der Waals surface area contributed by atoms with E-state index in [9.17, 15) is 9.59 Å². The highest BCUT2D eigenvalue weighted by atomic mass is 16.2. The third-order valence-electron chi connectivity index (χ3n) is 4.12. The van der Waals surface area contributed by atoms with Crippen LogP contribution in [0.1, 0.15) is 24.5 Å². The Morgan fingerprint density at radius 3 is 2.14 bits per heavy atom. The van der Waals surface area contributed by atoms with Crippen LogP contribution in [0.2, 0.25) is 0 Å². The normalized spacial score (nSPS) is 21.9. The standard InChI is InChI=1S/C18H17NO2/c1-18(15-10-6-3-7-11-15)12-16(20)19(17(18)21)13-14-8-4-2-5-9-14/h2-11H,12-13H2,1H3/t18-/m1/s1. The van der Waals surface area contributed by atoms with Crippen molar-refractivity contribution < 1.29 is 9.59 Å². The van der Waals surface area contributed by atoms with E-state index < -0.39 is 5.41 Å². The molecule has 3 nitrogen and oxygen atoms in total. The van der Waals surface area contributed by atoms with Crippen LogP contribution in [0, 0.1) is 0 Å². The first-order valence-corrected chi connectivity index (χ1v) is 7.05. The quantitative estimate of drug-likeness (QED) is 0.810. The number of imide groups is 1. The zero-order valence-corrected chi connectivity index (χ0v) is 12.0. The molecule has 0 spiro atoms. The summed E-state index contributed by atoms with van der Waals surface area (Å²) in [6.07, 6.45) is 0.239. The van der Waals surface area contributed by atoms with Crippen LogP contribution in [-0.4, -0.2) is 16.7 Å². The van der Waals surface area contributed by atoms with E-state index in [0.29, 0.717) is 6.54 Å². The van der Waals surface area contributed by atoms with Crippen LogP contribution in [-0.2, 0) is 21.5 Å². The van der Waals surface area contributed by atoms with Gasteiger partial charge in [0.15, 0.2) is 0 Å². The lowest BCUT2D eigenvalue weighted by atomic mass is 9.81. The Kier molecular flexibility index (Phi) is 3.34. The predicted molar refractivity (Wildman–Crippen MR) is 80.4 cm³/mol. The second-order valence-corrected chi connectivity index (χ2v) is 5.65. The highest BCUT2D eigenvalue weighted by molar-refractivity contribution is 6.08. The smallest absolute Gasteiger partial charge is 0.240 e. The highest BCUT2D eigenvalue weighted by Gasteiger charge is 2.48. The molecule has 2 aromatic carbocycles. The van der Waals surface area contributed by atoms with Crippen LogP contribution in [0.3, 0.4) is 0 Å². The van der Waals surface area contributed by atoms with Crippen LogP contribution in [0.25, 0.3) is 0 Å². The fourth-order valence-corrected chi connectivity index (χ4v) is 2.84. The minimum absolute atomic E-state index is 0.102. The van der Waals surface area contributed by atoms with Crippen molar-refractivity contribution in [3.8, 4) is 0 Å². The molecular formula is C18H17NO2. The molecule has 1 fully saturated rings. The molecule has 0 saturated carbocycles. The van der Waals surface area contributed by atoms with Crippen LogP contribution >= 0.6 is 0 Å². The van der Waals surface area contributed by atoms with E-state index >= 15 is 0 Å². The van der Waals surface area contributed by atoms with E-state index in [1.807, 2.05) is 67.6 Å². The van der Waals surface area contributed by atoms with Gasteiger partial charge in [0.05, 0.1) is 12.0 Å². The van der Waals surface area contributed by atoms with Crippen LogP contribution < -0.4 is 0 Å². The molecule has 1 heterocycles. The molecule has 1 aliphatic heterocycles. The van der Waals surface area contributed by atoms with Gasteiger partial charge in [0, 0.05) is 6.42 Å². The summed E-state index contributed by atoms with van der Waals surface area (Å²) in [5.74, 6) is -0.210. The van der Waals surface area contributed by atoms with Gasteiger partial charge in [-0.25, -0.2) is 0 Å². The summed E-state index contributed by atoms with van der Waals surface area (Å²) in [5.41, 5.74) is 1.13. The lowest BCUT2D eigenvalue weighted by Gasteiger charge is -2.22. The molecule has 3 rings (SSSR count). The van der Waals surface area contributed by atoms with Crippen LogP contribution in [0.4, 0.5) is 0 Å². The Morgan fingerprint density at radius 2 is 1.52 bits per heavy atom. The van der Waals surface area contributed by atoms with Gasteiger partial charge in [-0.3, -0.25) is 14.5 Å². The summed E-state index contributed by atoms with van der Waals surface area (Å²) in [7, 11) is 0. The molecular weight excluding hydrogens is 262 g/mol. The van der Waals surface area contributed by atoms with Crippen molar-refractivity contribution in [1.29, 1.82) is 0 Å². The van der Waals surface area contributed by atoms with Crippen molar-refractivity contribution in [2.75, 3.05) is 0 Å². The number of nitrogens with zero attached hydrogens (tertiary/aromatic N) is 1. The zero-order valence-electron chi connectivity index (χ0n) is 12.0. The summed E-state index contributed by atoms with van der Waals surface area (Å²) in [6, 6.07) is 19.1. The largest absolute Gasteiger partial charge is 0.277 e. The lowest BCUT2D eigenvalue weighted by molar-refractivity contribution is -0.140. The Bertz CT molecular complexity index is 666. The van der Waals surface area contributed by atoms with E-state index in [2.05, 4.69) is 0 Å². The second kappa shape index (κ2) is 5.17. The van der Waals surface area contributed by atoms with Gasteiger partial charge in [-0.15, -0.1) is 0 Å². The van der Waals surface area contributed by atoms with Crippen LogP contribution in [0.5, 0.6) is 0 Å². The van der Waals surface area contributed by atoms with Gasteiger partial charge >= 0.3 is 0 Å². The highest BCUT2D eigenvalue weighted by Crippen LogP contribution is 2.36. The third kappa shape index (κ3) is 2.35. The number of benzene rings is 2. The number of carbonyl (C=O) groups excluding carboxylic acids is 2.